The first kappa shape index (κ1) is 11.9. The SMILES string of the molecule is CCOC(=O)C=Cc1ccc(O)c(O)c1O. The molecule has 0 bridgehead atoms. The molecule has 86 valence electrons. The van der Waals surface area contributed by atoms with E-state index in [1.807, 2.05) is 0 Å². The molecule has 0 aliphatic rings. The second-order valence-corrected chi connectivity index (χ2v) is 2.96. The van der Waals surface area contributed by atoms with Crippen LogP contribution in [0.3, 0.4) is 0 Å². The minimum atomic E-state index is -0.619. The van der Waals surface area contributed by atoms with Gasteiger partial charge in [-0.15, -0.1) is 0 Å². The van der Waals surface area contributed by atoms with Gasteiger partial charge in [-0.3, -0.25) is 0 Å². The van der Waals surface area contributed by atoms with Gasteiger partial charge in [0.2, 0.25) is 5.75 Å². The van der Waals surface area contributed by atoms with Crippen LogP contribution in [0.5, 0.6) is 17.2 Å². The number of hydrogen-bond donors (Lipinski definition) is 3. The van der Waals surface area contributed by atoms with Gasteiger partial charge in [0.1, 0.15) is 0 Å². The lowest BCUT2D eigenvalue weighted by Gasteiger charge is -2.03. The average Bonchev–Trinajstić information content (AvgIpc) is 2.25. The summed E-state index contributed by atoms with van der Waals surface area (Å²) >= 11 is 0. The van der Waals surface area contributed by atoms with Gasteiger partial charge in [0.05, 0.1) is 6.61 Å². The molecule has 0 amide bonds. The van der Waals surface area contributed by atoms with Crippen molar-refractivity contribution >= 4 is 12.0 Å². The van der Waals surface area contributed by atoms with Gasteiger partial charge in [-0.05, 0) is 25.1 Å². The lowest BCUT2D eigenvalue weighted by atomic mass is 10.1. The number of phenols is 3. The van der Waals surface area contributed by atoms with Gasteiger partial charge in [0, 0.05) is 11.6 Å². The molecule has 0 aliphatic carbocycles. The van der Waals surface area contributed by atoms with Crippen molar-refractivity contribution in [1.82, 2.24) is 0 Å². The van der Waals surface area contributed by atoms with E-state index in [1.165, 1.54) is 18.2 Å². The summed E-state index contributed by atoms with van der Waals surface area (Å²) in [5, 5.41) is 27.7. The molecule has 0 saturated carbocycles. The zero-order valence-corrected chi connectivity index (χ0v) is 8.67. The van der Waals surface area contributed by atoms with E-state index in [2.05, 4.69) is 4.74 Å². The largest absolute Gasteiger partial charge is 0.504 e. The monoisotopic (exact) mass is 224 g/mol. The van der Waals surface area contributed by atoms with Crippen molar-refractivity contribution in [3.8, 4) is 17.2 Å². The highest BCUT2D eigenvalue weighted by Gasteiger charge is 2.08. The number of rotatable bonds is 3. The van der Waals surface area contributed by atoms with Crippen molar-refractivity contribution in [2.45, 2.75) is 6.92 Å². The Labute approximate surface area is 92.2 Å². The summed E-state index contributed by atoms with van der Waals surface area (Å²) in [7, 11) is 0. The molecule has 1 rings (SSSR count). The standard InChI is InChI=1S/C11H12O5/c1-2-16-9(13)6-4-7-3-5-8(12)11(15)10(7)14/h3-6,12,14-15H,2H2,1H3. The van der Waals surface area contributed by atoms with Crippen LogP contribution in [0.1, 0.15) is 12.5 Å². The summed E-state index contributed by atoms with van der Waals surface area (Å²) in [6, 6.07) is 2.57. The molecule has 0 saturated heterocycles. The van der Waals surface area contributed by atoms with Crippen LogP contribution in [-0.4, -0.2) is 27.9 Å². The summed E-state index contributed by atoms with van der Waals surface area (Å²) < 4.78 is 4.64. The predicted octanol–water partition coefficient (Wildman–Crippen LogP) is 1.38. The van der Waals surface area contributed by atoms with Crippen LogP contribution >= 0.6 is 0 Å². The molecule has 16 heavy (non-hydrogen) atoms. The Morgan fingerprint density at radius 2 is 2.00 bits per heavy atom. The fourth-order valence-corrected chi connectivity index (χ4v) is 1.07. The molecule has 0 atom stereocenters. The molecular formula is C11H12O5. The molecule has 1 aromatic carbocycles. The Morgan fingerprint density at radius 3 is 2.62 bits per heavy atom. The van der Waals surface area contributed by atoms with Gasteiger partial charge in [0.25, 0.3) is 0 Å². The van der Waals surface area contributed by atoms with Crippen molar-refractivity contribution < 1.29 is 24.9 Å². The van der Waals surface area contributed by atoms with Gasteiger partial charge >= 0.3 is 5.97 Å². The Morgan fingerprint density at radius 1 is 1.31 bits per heavy atom. The molecule has 1 aromatic rings. The maximum Gasteiger partial charge on any atom is 0.330 e. The van der Waals surface area contributed by atoms with E-state index in [4.69, 9.17) is 5.11 Å². The molecule has 0 heterocycles. The average molecular weight is 224 g/mol. The van der Waals surface area contributed by atoms with Gasteiger partial charge < -0.3 is 20.1 Å². The molecule has 3 N–H and O–H groups in total. The van der Waals surface area contributed by atoms with Crippen LogP contribution in [0, 0.1) is 0 Å². The zero-order valence-electron chi connectivity index (χ0n) is 8.67. The minimum absolute atomic E-state index is 0.211. The Bertz CT molecular complexity index is 423. The molecule has 0 aliphatic heterocycles. The summed E-state index contributed by atoms with van der Waals surface area (Å²) in [5.74, 6) is -2.08. The third-order valence-electron chi connectivity index (χ3n) is 1.85. The van der Waals surface area contributed by atoms with Gasteiger partial charge in [0.15, 0.2) is 11.5 Å². The first-order valence-corrected chi connectivity index (χ1v) is 4.65. The van der Waals surface area contributed by atoms with E-state index in [1.54, 1.807) is 6.92 Å². The van der Waals surface area contributed by atoms with E-state index >= 15 is 0 Å². The zero-order chi connectivity index (χ0) is 12.1. The fraction of sp³-hybridized carbons (Fsp3) is 0.182. The topological polar surface area (TPSA) is 87.0 Å². The second-order valence-electron chi connectivity index (χ2n) is 2.96. The number of ether oxygens (including phenoxy) is 1. The first-order valence-electron chi connectivity index (χ1n) is 4.65. The van der Waals surface area contributed by atoms with E-state index in [-0.39, 0.29) is 12.2 Å². The molecule has 5 nitrogen and oxygen atoms in total. The number of aromatic hydroxyl groups is 3. The molecule has 0 radical (unpaired) electrons. The van der Waals surface area contributed by atoms with Crippen molar-refractivity contribution in [3.63, 3.8) is 0 Å². The van der Waals surface area contributed by atoms with Crippen molar-refractivity contribution in [2.24, 2.45) is 0 Å². The fourth-order valence-electron chi connectivity index (χ4n) is 1.07. The summed E-state index contributed by atoms with van der Waals surface area (Å²) in [6.07, 6.45) is 2.40. The van der Waals surface area contributed by atoms with Crippen LogP contribution in [0.4, 0.5) is 0 Å². The van der Waals surface area contributed by atoms with E-state index in [0.29, 0.717) is 0 Å². The first-order chi connectivity index (χ1) is 7.56. The van der Waals surface area contributed by atoms with Crippen LogP contribution in [0.15, 0.2) is 18.2 Å². The molecule has 0 aromatic heterocycles. The van der Waals surface area contributed by atoms with Gasteiger partial charge in [-0.1, -0.05) is 0 Å². The number of hydrogen-bond acceptors (Lipinski definition) is 5. The molecule has 5 heteroatoms. The number of carbonyl (C=O) groups is 1. The number of phenolic OH excluding ortho intramolecular Hbond substituents is 3. The summed E-state index contributed by atoms with van der Waals surface area (Å²) in [6.45, 7) is 1.94. The Balaban J connectivity index is 2.90. The lowest BCUT2D eigenvalue weighted by Crippen LogP contribution is -1.98. The van der Waals surface area contributed by atoms with E-state index in [0.717, 1.165) is 6.08 Å². The third kappa shape index (κ3) is 2.66. The summed E-state index contributed by atoms with van der Waals surface area (Å²) in [5.41, 5.74) is 0.211. The third-order valence-corrected chi connectivity index (χ3v) is 1.85. The minimum Gasteiger partial charge on any atom is -0.504 e. The maximum atomic E-state index is 11.0. The molecule has 0 spiro atoms. The van der Waals surface area contributed by atoms with Gasteiger partial charge in [-0.2, -0.15) is 0 Å². The molecular weight excluding hydrogens is 212 g/mol. The highest BCUT2D eigenvalue weighted by atomic mass is 16.5. The maximum absolute atomic E-state index is 11.0. The Hall–Kier alpha value is -2.17. The lowest BCUT2D eigenvalue weighted by molar-refractivity contribution is -0.137. The highest BCUT2D eigenvalue weighted by Crippen LogP contribution is 2.37. The normalized spacial score (nSPS) is 10.6. The molecule has 0 fully saturated rings. The quantitative estimate of drug-likeness (QED) is 0.410. The predicted molar refractivity (Wildman–Crippen MR) is 57.1 cm³/mol. The van der Waals surface area contributed by atoms with Gasteiger partial charge in [-0.25, -0.2) is 4.79 Å². The van der Waals surface area contributed by atoms with Crippen molar-refractivity contribution in [1.29, 1.82) is 0 Å². The van der Waals surface area contributed by atoms with E-state index < -0.39 is 23.2 Å². The number of carbonyl (C=O) groups excluding carboxylic acids is 1. The second kappa shape index (κ2) is 5.06. The van der Waals surface area contributed by atoms with Crippen molar-refractivity contribution in [3.05, 3.63) is 23.8 Å². The summed E-state index contributed by atoms with van der Waals surface area (Å²) in [4.78, 5) is 11.0. The smallest absolute Gasteiger partial charge is 0.330 e. The Kier molecular flexibility index (Phi) is 3.77. The van der Waals surface area contributed by atoms with Crippen LogP contribution < -0.4 is 0 Å². The van der Waals surface area contributed by atoms with Crippen LogP contribution in [-0.2, 0) is 9.53 Å². The number of esters is 1. The van der Waals surface area contributed by atoms with Crippen LogP contribution in [0.25, 0.3) is 6.08 Å². The number of benzene rings is 1. The molecule has 0 unspecified atom stereocenters. The van der Waals surface area contributed by atoms with E-state index in [9.17, 15) is 15.0 Å². The highest BCUT2D eigenvalue weighted by molar-refractivity contribution is 5.87. The van der Waals surface area contributed by atoms with Crippen molar-refractivity contribution in [2.75, 3.05) is 6.61 Å². The van der Waals surface area contributed by atoms with Crippen LogP contribution in [0.2, 0.25) is 0 Å².